The molecule has 0 unspecified atom stereocenters. The second-order valence-electron chi connectivity index (χ2n) is 7.56. The summed E-state index contributed by atoms with van der Waals surface area (Å²) in [7, 11) is 0. The molecule has 4 heteroatoms. The van der Waals surface area contributed by atoms with Crippen LogP contribution in [0.4, 0.5) is 0 Å². The quantitative estimate of drug-likeness (QED) is 0.910. The van der Waals surface area contributed by atoms with E-state index in [1.54, 1.807) is 0 Å². The number of H-pyrrole nitrogens is 1. The van der Waals surface area contributed by atoms with E-state index in [1.807, 2.05) is 24.8 Å². The second-order valence-corrected chi connectivity index (χ2v) is 7.56. The van der Waals surface area contributed by atoms with Crippen molar-refractivity contribution >= 4 is 5.91 Å². The Kier molecular flexibility index (Phi) is 5.60. The second kappa shape index (κ2) is 7.90. The van der Waals surface area contributed by atoms with E-state index >= 15 is 0 Å². The van der Waals surface area contributed by atoms with Crippen molar-refractivity contribution in [1.82, 2.24) is 9.88 Å². The number of aromatic amines is 1. The number of likely N-dealkylation sites (tertiary alicyclic amines) is 1. The van der Waals surface area contributed by atoms with Gasteiger partial charge in [-0.25, -0.2) is 0 Å². The minimum atomic E-state index is -0.269. The molecule has 1 aromatic carbocycles. The van der Waals surface area contributed by atoms with Crippen molar-refractivity contribution in [2.45, 2.75) is 46.5 Å². The monoisotopic (exact) mass is 352 g/mol. The van der Waals surface area contributed by atoms with Gasteiger partial charge in [0.1, 0.15) is 5.56 Å². The number of nitrogens with one attached hydrogen (secondary N) is 1. The zero-order valence-corrected chi connectivity index (χ0v) is 16.0. The maximum Gasteiger partial charge on any atom is 0.261 e. The molecule has 0 aliphatic carbocycles. The van der Waals surface area contributed by atoms with Gasteiger partial charge in [0.25, 0.3) is 11.5 Å². The van der Waals surface area contributed by atoms with E-state index in [4.69, 9.17) is 0 Å². The van der Waals surface area contributed by atoms with Gasteiger partial charge >= 0.3 is 0 Å². The van der Waals surface area contributed by atoms with E-state index in [1.165, 1.54) is 11.1 Å². The van der Waals surface area contributed by atoms with Crippen molar-refractivity contribution in [3.05, 3.63) is 68.6 Å². The number of hydrogen-bond donors (Lipinski definition) is 1. The fraction of sp³-hybridized carbons (Fsp3) is 0.455. The predicted octanol–water partition coefficient (Wildman–Crippen LogP) is 3.79. The standard InChI is InChI=1S/C22H28N2O2/c1-15-7-4-5-9-19(15)11-10-18-8-6-12-24(14-18)22(26)20-16(2)13-17(3)23-21(20)25/h4-5,7,9,13,18H,6,8,10-12,14H2,1-3H3,(H,23,25)/t18-/m1/s1. The Labute approximate surface area is 155 Å². The average Bonchev–Trinajstić information content (AvgIpc) is 2.60. The van der Waals surface area contributed by atoms with Gasteiger partial charge in [-0.15, -0.1) is 0 Å². The van der Waals surface area contributed by atoms with E-state index in [-0.39, 0.29) is 11.5 Å². The Morgan fingerprint density at radius 1 is 1.19 bits per heavy atom. The van der Waals surface area contributed by atoms with Gasteiger partial charge in [-0.1, -0.05) is 24.3 Å². The maximum atomic E-state index is 12.9. The number of carbonyl (C=O) groups excluding carboxylic acids is 1. The highest BCUT2D eigenvalue weighted by molar-refractivity contribution is 5.95. The third-order valence-electron chi connectivity index (χ3n) is 5.47. The number of carbonyl (C=O) groups is 1. The van der Waals surface area contributed by atoms with Gasteiger partial charge in [-0.3, -0.25) is 9.59 Å². The van der Waals surface area contributed by atoms with E-state index in [0.717, 1.165) is 50.0 Å². The van der Waals surface area contributed by atoms with Gasteiger partial charge < -0.3 is 9.88 Å². The lowest BCUT2D eigenvalue weighted by atomic mass is 9.90. The number of pyridine rings is 1. The first-order valence-electron chi connectivity index (χ1n) is 9.50. The van der Waals surface area contributed by atoms with Crippen LogP contribution in [0.1, 0.15) is 52.0 Å². The molecule has 1 aliphatic heterocycles. The van der Waals surface area contributed by atoms with Crippen LogP contribution < -0.4 is 5.56 Å². The van der Waals surface area contributed by atoms with Gasteiger partial charge in [0.05, 0.1) is 0 Å². The van der Waals surface area contributed by atoms with Crippen LogP contribution >= 0.6 is 0 Å². The molecule has 1 amide bonds. The lowest BCUT2D eigenvalue weighted by Gasteiger charge is -2.33. The highest BCUT2D eigenvalue weighted by atomic mass is 16.2. The lowest BCUT2D eigenvalue weighted by Crippen LogP contribution is -2.42. The summed E-state index contributed by atoms with van der Waals surface area (Å²) in [4.78, 5) is 29.8. The largest absolute Gasteiger partial charge is 0.338 e. The zero-order chi connectivity index (χ0) is 18.7. The molecule has 1 saturated heterocycles. The summed E-state index contributed by atoms with van der Waals surface area (Å²) in [6.07, 6.45) is 4.28. The van der Waals surface area contributed by atoms with Crippen LogP contribution in [0.2, 0.25) is 0 Å². The Morgan fingerprint density at radius 2 is 1.96 bits per heavy atom. The number of aryl methyl sites for hydroxylation is 4. The molecule has 138 valence electrons. The number of nitrogens with zero attached hydrogens (tertiary/aromatic N) is 1. The number of piperidine rings is 1. The molecule has 26 heavy (non-hydrogen) atoms. The minimum absolute atomic E-state index is 0.121. The van der Waals surface area contributed by atoms with Crippen molar-refractivity contribution < 1.29 is 4.79 Å². The molecule has 1 fully saturated rings. The van der Waals surface area contributed by atoms with E-state index in [9.17, 15) is 9.59 Å². The Balaban J connectivity index is 1.68. The van der Waals surface area contributed by atoms with Gasteiger partial charge in [-0.05, 0) is 75.1 Å². The SMILES string of the molecule is Cc1cc(C)c(C(=O)N2CCC[C@H](CCc3ccccc3C)C2)c(=O)[nH]1. The molecule has 3 rings (SSSR count). The molecule has 0 saturated carbocycles. The fourth-order valence-corrected chi connectivity index (χ4v) is 4.01. The average molecular weight is 352 g/mol. The first-order valence-corrected chi connectivity index (χ1v) is 9.50. The van der Waals surface area contributed by atoms with Crippen molar-refractivity contribution in [2.75, 3.05) is 13.1 Å². The fourth-order valence-electron chi connectivity index (χ4n) is 4.01. The highest BCUT2D eigenvalue weighted by Crippen LogP contribution is 2.24. The molecule has 2 aromatic rings. The van der Waals surface area contributed by atoms with Crippen LogP contribution in [0.25, 0.3) is 0 Å². The van der Waals surface area contributed by atoms with Crippen molar-refractivity contribution in [1.29, 1.82) is 0 Å². The molecule has 2 heterocycles. The van der Waals surface area contributed by atoms with Crippen LogP contribution in [-0.2, 0) is 6.42 Å². The molecule has 0 radical (unpaired) electrons. The number of amides is 1. The number of aromatic nitrogens is 1. The van der Waals surface area contributed by atoms with Crippen LogP contribution in [0, 0.1) is 26.7 Å². The first-order chi connectivity index (χ1) is 12.5. The maximum absolute atomic E-state index is 12.9. The summed E-state index contributed by atoms with van der Waals surface area (Å²) in [5.74, 6) is 0.376. The van der Waals surface area contributed by atoms with E-state index in [2.05, 4.69) is 36.2 Å². The summed E-state index contributed by atoms with van der Waals surface area (Å²) < 4.78 is 0. The first kappa shape index (κ1) is 18.4. The molecule has 1 atom stereocenters. The molecule has 1 aromatic heterocycles. The summed E-state index contributed by atoms with van der Waals surface area (Å²) in [6.45, 7) is 7.32. The van der Waals surface area contributed by atoms with Crippen molar-refractivity contribution in [3.63, 3.8) is 0 Å². The summed E-state index contributed by atoms with van der Waals surface area (Å²) in [5.41, 5.74) is 4.31. The molecule has 4 nitrogen and oxygen atoms in total. The zero-order valence-electron chi connectivity index (χ0n) is 16.0. The predicted molar refractivity (Wildman–Crippen MR) is 105 cm³/mol. The van der Waals surface area contributed by atoms with Crippen LogP contribution in [0.3, 0.4) is 0 Å². The van der Waals surface area contributed by atoms with Crippen LogP contribution in [0.15, 0.2) is 35.1 Å². The van der Waals surface area contributed by atoms with Crippen LogP contribution in [-0.4, -0.2) is 28.9 Å². The van der Waals surface area contributed by atoms with Crippen molar-refractivity contribution in [3.8, 4) is 0 Å². The van der Waals surface area contributed by atoms with Gasteiger partial charge in [-0.2, -0.15) is 0 Å². The van der Waals surface area contributed by atoms with Gasteiger partial charge in [0.15, 0.2) is 0 Å². The smallest absolute Gasteiger partial charge is 0.261 e. The van der Waals surface area contributed by atoms with E-state index < -0.39 is 0 Å². The van der Waals surface area contributed by atoms with Gasteiger partial charge in [0, 0.05) is 18.8 Å². The Morgan fingerprint density at radius 3 is 2.69 bits per heavy atom. The topological polar surface area (TPSA) is 53.2 Å². The third kappa shape index (κ3) is 4.06. The summed E-state index contributed by atoms with van der Waals surface area (Å²) >= 11 is 0. The third-order valence-corrected chi connectivity index (χ3v) is 5.47. The Hall–Kier alpha value is -2.36. The summed E-state index contributed by atoms with van der Waals surface area (Å²) in [6, 6.07) is 10.4. The van der Waals surface area contributed by atoms with E-state index in [0.29, 0.717) is 11.5 Å². The van der Waals surface area contributed by atoms with Gasteiger partial charge in [0.2, 0.25) is 0 Å². The number of hydrogen-bond acceptors (Lipinski definition) is 2. The molecule has 1 N–H and O–H groups in total. The molecule has 1 aliphatic rings. The molecular formula is C22H28N2O2. The van der Waals surface area contributed by atoms with Crippen LogP contribution in [0.5, 0.6) is 0 Å². The Bertz CT molecular complexity index is 853. The number of rotatable bonds is 4. The van der Waals surface area contributed by atoms with Crippen molar-refractivity contribution in [2.24, 2.45) is 5.92 Å². The highest BCUT2D eigenvalue weighted by Gasteiger charge is 2.27. The molecule has 0 bridgehead atoms. The normalized spacial score (nSPS) is 17.3. The summed E-state index contributed by atoms with van der Waals surface area (Å²) in [5, 5.41) is 0. The lowest BCUT2D eigenvalue weighted by molar-refractivity contribution is 0.0665. The molecular weight excluding hydrogens is 324 g/mol. The minimum Gasteiger partial charge on any atom is -0.338 e. The molecule has 0 spiro atoms. The number of benzene rings is 1.